The fourth-order valence-electron chi connectivity index (χ4n) is 1.73. The highest BCUT2D eigenvalue weighted by Crippen LogP contribution is 2.18. The van der Waals surface area contributed by atoms with Crippen molar-refractivity contribution in [3.63, 3.8) is 0 Å². The molecule has 6 nitrogen and oxygen atoms in total. The van der Waals surface area contributed by atoms with E-state index >= 15 is 0 Å². The number of tetrazole rings is 1. The second-order valence-corrected chi connectivity index (χ2v) is 4.89. The minimum atomic E-state index is 0.268. The summed E-state index contributed by atoms with van der Waals surface area (Å²) in [7, 11) is 0. The van der Waals surface area contributed by atoms with Gasteiger partial charge in [0.1, 0.15) is 0 Å². The van der Waals surface area contributed by atoms with E-state index in [-0.39, 0.29) is 6.10 Å². The van der Waals surface area contributed by atoms with Crippen LogP contribution in [0.4, 0.5) is 0 Å². The van der Waals surface area contributed by atoms with Crippen LogP contribution in [0.3, 0.4) is 0 Å². The number of thioether (sulfide) groups is 1. The molecule has 1 fully saturated rings. The summed E-state index contributed by atoms with van der Waals surface area (Å²) in [5.74, 6) is 0.875. The molecule has 1 aromatic heterocycles. The molecule has 17 heavy (non-hydrogen) atoms. The van der Waals surface area contributed by atoms with E-state index in [1.807, 2.05) is 11.6 Å². The van der Waals surface area contributed by atoms with E-state index in [1.165, 1.54) is 0 Å². The number of ether oxygens (including phenoxy) is 2. The zero-order valence-electron chi connectivity index (χ0n) is 10.0. The van der Waals surface area contributed by atoms with E-state index < -0.39 is 0 Å². The molecular formula is C10H18N4O2S. The van der Waals surface area contributed by atoms with Crippen molar-refractivity contribution in [2.75, 3.05) is 25.6 Å². The normalized spacial score (nSPS) is 19.9. The van der Waals surface area contributed by atoms with E-state index in [2.05, 4.69) is 15.5 Å². The van der Waals surface area contributed by atoms with Gasteiger partial charge in [0, 0.05) is 19.0 Å². The number of hydrogen-bond acceptors (Lipinski definition) is 6. The van der Waals surface area contributed by atoms with Crippen LogP contribution >= 0.6 is 11.8 Å². The Kier molecular flexibility index (Phi) is 5.21. The molecule has 7 heteroatoms. The lowest BCUT2D eigenvalue weighted by Gasteiger charge is -2.09. The minimum Gasteiger partial charge on any atom is -0.381 e. The Labute approximate surface area is 105 Å². The summed E-state index contributed by atoms with van der Waals surface area (Å²) in [5, 5.41) is 12.6. The van der Waals surface area contributed by atoms with Gasteiger partial charge in [0.25, 0.3) is 0 Å². The average molecular weight is 258 g/mol. The fourth-order valence-corrected chi connectivity index (χ4v) is 2.47. The van der Waals surface area contributed by atoms with Crippen molar-refractivity contribution < 1.29 is 9.47 Å². The van der Waals surface area contributed by atoms with Crippen LogP contribution in [0.25, 0.3) is 0 Å². The third-order valence-electron chi connectivity index (χ3n) is 2.56. The average Bonchev–Trinajstić information content (AvgIpc) is 2.97. The van der Waals surface area contributed by atoms with Crippen LogP contribution in [0.5, 0.6) is 0 Å². The summed E-state index contributed by atoms with van der Waals surface area (Å²) in [4.78, 5) is 0. The first-order valence-electron chi connectivity index (χ1n) is 5.98. The zero-order chi connectivity index (χ0) is 11.9. The molecule has 1 saturated heterocycles. The van der Waals surface area contributed by atoms with Gasteiger partial charge >= 0.3 is 0 Å². The van der Waals surface area contributed by atoms with Gasteiger partial charge in [-0.05, 0) is 30.2 Å². The first kappa shape index (κ1) is 12.8. The third-order valence-corrected chi connectivity index (χ3v) is 3.48. The van der Waals surface area contributed by atoms with Crippen molar-refractivity contribution in [2.24, 2.45) is 0 Å². The highest BCUT2D eigenvalue weighted by molar-refractivity contribution is 7.99. The SMILES string of the molecule is CCOCCSc1nnnn1C[C@@H]1CCCO1. The lowest BCUT2D eigenvalue weighted by Crippen LogP contribution is -2.17. The van der Waals surface area contributed by atoms with Crippen LogP contribution in [-0.4, -0.2) is 51.9 Å². The van der Waals surface area contributed by atoms with E-state index in [0.29, 0.717) is 0 Å². The van der Waals surface area contributed by atoms with Crippen molar-refractivity contribution in [2.45, 2.75) is 37.6 Å². The van der Waals surface area contributed by atoms with Crippen LogP contribution in [0.15, 0.2) is 5.16 Å². The van der Waals surface area contributed by atoms with Crippen molar-refractivity contribution in [3.8, 4) is 0 Å². The number of hydrogen-bond donors (Lipinski definition) is 0. The molecule has 0 saturated carbocycles. The molecule has 1 aliphatic rings. The largest absolute Gasteiger partial charge is 0.381 e. The second kappa shape index (κ2) is 6.93. The predicted octanol–water partition coefficient (Wildman–Crippen LogP) is 0.981. The summed E-state index contributed by atoms with van der Waals surface area (Å²) >= 11 is 1.62. The highest BCUT2D eigenvalue weighted by Gasteiger charge is 2.18. The van der Waals surface area contributed by atoms with Crippen LogP contribution in [0, 0.1) is 0 Å². The Morgan fingerprint density at radius 2 is 2.53 bits per heavy atom. The van der Waals surface area contributed by atoms with Crippen LogP contribution in [-0.2, 0) is 16.0 Å². The van der Waals surface area contributed by atoms with Gasteiger partial charge in [0.15, 0.2) is 0 Å². The molecule has 0 aromatic carbocycles. The van der Waals surface area contributed by atoms with Gasteiger partial charge in [-0.1, -0.05) is 11.8 Å². The molecule has 1 atom stereocenters. The number of nitrogens with zero attached hydrogens (tertiary/aromatic N) is 4. The molecule has 0 bridgehead atoms. The first-order chi connectivity index (χ1) is 8.40. The standard InChI is InChI=1S/C10H18N4O2S/c1-2-15-6-7-17-10-11-12-13-14(10)8-9-4-3-5-16-9/h9H,2-8H2,1H3/t9-/m0/s1. The van der Waals surface area contributed by atoms with Gasteiger partial charge in [0.05, 0.1) is 19.3 Å². The molecule has 1 aromatic rings. The molecule has 0 amide bonds. The predicted molar refractivity (Wildman–Crippen MR) is 64.0 cm³/mol. The molecular weight excluding hydrogens is 240 g/mol. The maximum absolute atomic E-state index is 5.57. The summed E-state index contributed by atoms with van der Waals surface area (Å²) in [6.45, 7) is 5.09. The van der Waals surface area contributed by atoms with Crippen molar-refractivity contribution in [3.05, 3.63) is 0 Å². The Balaban J connectivity index is 1.79. The molecule has 0 unspecified atom stereocenters. The smallest absolute Gasteiger partial charge is 0.209 e. The summed E-state index contributed by atoms with van der Waals surface area (Å²) in [5.41, 5.74) is 0. The van der Waals surface area contributed by atoms with Crippen molar-refractivity contribution in [1.82, 2.24) is 20.2 Å². The number of rotatable bonds is 7. The van der Waals surface area contributed by atoms with E-state index in [0.717, 1.165) is 50.1 Å². The summed E-state index contributed by atoms with van der Waals surface area (Å²) in [6, 6.07) is 0. The Morgan fingerprint density at radius 3 is 3.29 bits per heavy atom. The van der Waals surface area contributed by atoms with Crippen molar-refractivity contribution in [1.29, 1.82) is 0 Å². The van der Waals surface area contributed by atoms with Gasteiger partial charge in [-0.15, -0.1) is 5.10 Å². The molecule has 2 rings (SSSR count). The molecule has 0 spiro atoms. The van der Waals surface area contributed by atoms with Gasteiger partial charge in [-0.3, -0.25) is 0 Å². The molecule has 1 aliphatic heterocycles. The van der Waals surface area contributed by atoms with E-state index in [4.69, 9.17) is 9.47 Å². The van der Waals surface area contributed by atoms with Crippen LogP contribution < -0.4 is 0 Å². The Bertz CT molecular complexity index is 328. The minimum absolute atomic E-state index is 0.268. The van der Waals surface area contributed by atoms with Crippen molar-refractivity contribution >= 4 is 11.8 Å². The highest BCUT2D eigenvalue weighted by atomic mass is 32.2. The van der Waals surface area contributed by atoms with Gasteiger partial charge < -0.3 is 9.47 Å². The molecule has 0 N–H and O–H groups in total. The molecule has 96 valence electrons. The lowest BCUT2D eigenvalue weighted by molar-refractivity contribution is 0.0911. The van der Waals surface area contributed by atoms with Gasteiger partial charge in [-0.25, -0.2) is 4.68 Å². The van der Waals surface area contributed by atoms with Gasteiger partial charge in [-0.2, -0.15) is 0 Å². The molecule has 0 radical (unpaired) electrons. The topological polar surface area (TPSA) is 62.1 Å². The van der Waals surface area contributed by atoms with E-state index in [1.54, 1.807) is 11.8 Å². The maximum atomic E-state index is 5.57. The lowest BCUT2D eigenvalue weighted by atomic mass is 10.2. The monoisotopic (exact) mass is 258 g/mol. The van der Waals surface area contributed by atoms with Gasteiger partial charge in [0.2, 0.25) is 5.16 Å². The Hall–Kier alpha value is -0.660. The summed E-state index contributed by atoms with van der Waals surface area (Å²) < 4.78 is 12.7. The first-order valence-corrected chi connectivity index (χ1v) is 6.97. The quantitative estimate of drug-likeness (QED) is 0.536. The van der Waals surface area contributed by atoms with Crippen LogP contribution in [0.1, 0.15) is 19.8 Å². The molecule has 2 heterocycles. The maximum Gasteiger partial charge on any atom is 0.209 e. The van der Waals surface area contributed by atoms with E-state index in [9.17, 15) is 0 Å². The number of aromatic nitrogens is 4. The second-order valence-electron chi connectivity index (χ2n) is 3.82. The fraction of sp³-hybridized carbons (Fsp3) is 0.900. The zero-order valence-corrected chi connectivity index (χ0v) is 10.9. The summed E-state index contributed by atoms with van der Waals surface area (Å²) in [6.07, 6.45) is 2.51. The van der Waals surface area contributed by atoms with Crippen LogP contribution in [0.2, 0.25) is 0 Å². The third kappa shape index (κ3) is 3.93. The Morgan fingerprint density at radius 1 is 1.59 bits per heavy atom. The molecule has 0 aliphatic carbocycles.